The Labute approximate surface area is 197 Å². The molecule has 8 heteroatoms. The fraction of sp³-hybridized carbons (Fsp3) is 0.385. The molecule has 2 aromatic carbocycles. The number of nitrogens with one attached hydrogen (secondary N) is 1. The lowest BCUT2D eigenvalue weighted by Gasteiger charge is -2.29. The van der Waals surface area contributed by atoms with E-state index in [0.29, 0.717) is 37.5 Å². The van der Waals surface area contributed by atoms with Gasteiger partial charge >= 0.3 is 6.03 Å². The zero-order valence-corrected chi connectivity index (χ0v) is 18.8. The van der Waals surface area contributed by atoms with Crippen molar-refractivity contribution < 1.29 is 19.2 Å². The lowest BCUT2D eigenvalue weighted by atomic mass is 9.80. The number of carbonyl (C=O) groups excluding carboxylic acids is 4. The molecule has 1 saturated carbocycles. The van der Waals surface area contributed by atoms with Crippen molar-refractivity contribution in [2.24, 2.45) is 0 Å². The molecule has 1 unspecified atom stereocenters. The number of hydrogen-bond donors (Lipinski definition) is 1. The van der Waals surface area contributed by atoms with E-state index in [-0.39, 0.29) is 24.3 Å². The number of amides is 5. The van der Waals surface area contributed by atoms with Gasteiger partial charge in [-0.2, -0.15) is 0 Å². The topological polar surface area (TPSA) is 90.0 Å². The van der Waals surface area contributed by atoms with E-state index in [1.54, 1.807) is 21.9 Å². The number of anilines is 2. The first kappa shape index (κ1) is 20.9. The highest BCUT2D eigenvalue weighted by Gasteiger charge is 2.40. The summed E-state index contributed by atoms with van der Waals surface area (Å²) in [7, 11) is 0. The molecule has 2 aromatic rings. The molecule has 4 aliphatic rings. The lowest BCUT2D eigenvalue weighted by Crippen LogP contribution is -2.52. The minimum Gasteiger partial charge on any atom is -0.322 e. The van der Waals surface area contributed by atoms with Crippen molar-refractivity contribution >= 4 is 35.1 Å². The monoisotopic (exact) mass is 458 g/mol. The van der Waals surface area contributed by atoms with Crippen LogP contribution in [0.1, 0.15) is 59.5 Å². The molecule has 174 valence electrons. The normalized spacial score (nSPS) is 22.8. The van der Waals surface area contributed by atoms with Gasteiger partial charge in [-0.05, 0) is 66.6 Å². The summed E-state index contributed by atoms with van der Waals surface area (Å²) in [5, 5.41) is 2.32. The van der Waals surface area contributed by atoms with Gasteiger partial charge in [0, 0.05) is 43.0 Å². The Morgan fingerprint density at radius 1 is 0.824 bits per heavy atom. The van der Waals surface area contributed by atoms with Gasteiger partial charge in [-0.3, -0.25) is 29.5 Å². The van der Waals surface area contributed by atoms with Crippen LogP contribution in [0.3, 0.4) is 0 Å². The van der Waals surface area contributed by atoms with Crippen molar-refractivity contribution in [3.8, 4) is 0 Å². The van der Waals surface area contributed by atoms with Gasteiger partial charge in [-0.15, -0.1) is 0 Å². The van der Waals surface area contributed by atoms with E-state index in [0.717, 1.165) is 16.9 Å². The van der Waals surface area contributed by atoms with Crippen molar-refractivity contribution in [1.82, 2.24) is 10.2 Å². The van der Waals surface area contributed by atoms with E-state index in [1.807, 2.05) is 18.2 Å². The van der Waals surface area contributed by atoms with Crippen LogP contribution in [0.2, 0.25) is 0 Å². The van der Waals surface area contributed by atoms with E-state index in [9.17, 15) is 19.2 Å². The molecule has 0 radical (unpaired) electrons. The first-order valence-electron chi connectivity index (χ1n) is 12.0. The molecule has 3 heterocycles. The van der Waals surface area contributed by atoms with Gasteiger partial charge in [-0.25, -0.2) is 4.79 Å². The van der Waals surface area contributed by atoms with Crippen LogP contribution in [0.5, 0.6) is 0 Å². The van der Waals surface area contributed by atoms with Crippen LogP contribution in [0.25, 0.3) is 0 Å². The SMILES string of the molecule is O=C1CCC(N2Cc3cc(N4CCN(c5ccc(C6CCC6)cc5)C4=O)ccc3C2=O)C(=O)N1. The molecule has 3 aliphatic heterocycles. The maximum atomic E-state index is 13.2. The van der Waals surface area contributed by atoms with Crippen molar-refractivity contribution in [3.05, 3.63) is 59.2 Å². The maximum Gasteiger partial charge on any atom is 0.329 e. The fourth-order valence-corrected chi connectivity index (χ4v) is 5.41. The van der Waals surface area contributed by atoms with Gasteiger partial charge in [0.2, 0.25) is 11.8 Å². The van der Waals surface area contributed by atoms with Gasteiger partial charge in [0.25, 0.3) is 5.91 Å². The minimum atomic E-state index is -0.645. The molecule has 1 aliphatic carbocycles. The second-order valence-corrected chi connectivity index (χ2v) is 9.55. The molecular weight excluding hydrogens is 432 g/mol. The summed E-state index contributed by atoms with van der Waals surface area (Å²) < 4.78 is 0. The van der Waals surface area contributed by atoms with Crippen LogP contribution in [0, 0.1) is 0 Å². The number of urea groups is 1. The number of imide groups is 1. The van der Waals surface area contributed by atoms with Gasteiger partial charge in [0.05, 0.1) is 0 Å². The van der Waals surface area contributed by atoms with Gasteiger partial charge < -0.3 is 4.90 Å². The van der Waals surface area contributed by atoms with Crippen molar-refractivity contribution in [1.29, 1.82) is 0 Å². The summed E-state index contributed by atoms with van der Waals surface area (Å²) in [6.07, 6.45) is 4.34. The lowest BCUT2D eigenvalue weighted by molar-refractivity contribution is -0.136. The molecule has 1 atom stereocenters. The summed E-state index contributed by atoms with van der Waals surface area (Å²) in [5.74, 6) is -0.278. The molecule has 6 rings (SSSR count). The minimum absolute atomic E-state index is 0.0808. The smallest absolute Gasteiger partial charge is 0.322 e. The van der Waals surface area contributed by atoms with Gasteiger partial charge in [0.15, 0.2) is 0 Å². The van der Waals surface area contributed by atoms with E-state index in [4.69, 9.17) is 0 Å². The molecule has 3 fully saturated rings. The quantitative estimate of drug-likeness (QED) is 0.713. The van der Waals surface area contributed by atoms with Crippen LogP contribution in [0.15, 0.2) is 42.5 Å². The Bertz CT molecular complexity index is 1200. The molecule has 8 nitrogen and oxygen atoms in total. The third kappa shape index (κ3) is 3.36. The van der Waals surface area contributed by atoms with Crippen LogP contribution >= 0.6 is 0 Å². The fourth-order valence-electron chi connectivity index (χ4n) is 5.41. The second kappa shape index (κ2) is 7.97. The first-order valence-corrected chi connectivity index (χ1v) is 12.0. The molecule has 0 spiro atoms. The van der Waals surface area contributed by atoms with Crippen LogP contribution in [-0.4, -0.2) is 47.8 Å². The average Bonchev–Trinajstić information content (AvgIpc) is 3.33. The highest BCUT2D eigenvalue weighted by atomic mass is 16.2. The predicted molar refractivity (Wildman–Crippen MR) is 126 cm³/mol. The summed E-state index contributed by atoms with van der Waals surface area (Å²) in [6, 6.07) is 13.0. The third-order valence-electron chi connectivity index (χ3n) is 7.61. The van der Waals surface area contributed by atoms with Crippen molar-refractivity contribution in [2.75, 3.05) is 22.9 Å². The Morgan fingerprint density at radius 3 is 2.21 bits per heavy atom. The van der Waals surface area contributed by atoms with Crippen LogP contribution in [0.4, 0.5) is 16.2 Å². The number of fused-ring (bicyclic) bond motifs is 1. The average molecular weight is 459 g/mol. The third-order valence-corrected chi connectivity index (χ3v) is 7.61. The predicted octanol–water partition coefficient (Wildman–Crippen LogP) is 3.16. The Kier molecular flexibility index (Phi) is 4.90. The standard InChI is InChI=1S/C26H26N4O4/c31-23-11-10-22(24(32)27-23)30-15-18-14-20(8-9-21(18)25(30)33)29-13-12-28(26(29)34)19-6-4-17(5-7-19)16-2-1-3-16/h4-9,14,16,22H,1-3,10-13,15H2,(H,27,31,32). The largest absolute Gasteiger partial charge is 0.329 e. The van der Waals surface area contributed by atoms with Gasteiger partial charge in [-0.1, -0.05) is 18.6 Å². The van der Waals surface area contributed by atoms with E-state index in [1.165, 1.54) is 29.7 Å². The number of carbonyl (C=O) groups is 4. The zero-order valence-electron chi connectivity index (χ0n) is 18.8. The highest BCUT2D eigenvalue weighted by molar-refractivity contribution is 6.08. The molecule has 5 amide bonds. The molecule has 34 heavy (non-hydrogen) atoms. The molecule has 0 aromatic heterocycles. The highest BCUT2D eigenvalue weighted by Crippen LogP contribution is 2.37. The molecule has 0 bridgehead atoms. The Morgan fingerprint density at radius 2 is 1.53 bits per heavy atom. The van der Waals surface area contributed by atoms with E-state index < -0.39 is 11.9 Å². The number of benzene rings is 2. The van der Waals surface area contributed by atoms with E-state index in [2.05, 4.69) is 17.4 Å². The zero-order chi connectivity index (χ0) is 23.4. The summed E-state index contributed by atoms with van der Waals surface area (Å²) in [5.41, 5.74) is 4.33. The first-order chi connectivity index (χ1) is 16.5. The number of nitrogens with zero attached hydrogens (tertiary/aromatic N) is 3. The van der Waals surface area contributed by atoms with Gasteiger partial charge in [0.1, 0.15) is 6.04 Å². The summed E-state index contributed by atoms with van der Waals surface area (Å²) >= 11 is 0. The Balaban J connectivity index is 1.18. The van der Waals surface area contributed by atoms with Crippen LogP contribution in [-0.2, 0) is 16.1 Å². The van der Waals surface area contributed by atoms with Crippen molar-refractivity contribution in [2.45, 2.75) is 50.6 Å². The Hall–Kier alpha value is -3.68. The maximum absolute atomic E-state index is 13.2. The molecule has 1 N–H and O–H groups in total. The summed E-state index contributed by atoms with van der Waals surface area (Å²) in [6.45, 7) is 1.45. The second-order valence-electron chi connectivity index (χ2n) is 9.55. The molecular formula is C26H26N4O4. The summed E-state index contributed by atoms with van der Waals surface area (Å²) in [4.78, 5) is 55.0. The van der Waals surface area contributed by atoms with Crippen LogP contribution < -0.4 is 15.1 Å². The van der Waals surface area contributed by atoms with Crippen molar-refractivity contribution in [3.63, 3.8) is 0 Å². The number of piperidine rings is 1. The molecule has 2 saturated heterocycles. The van der Waals surface area contributed by atoms with E-state index >= 15 is 0 Å². The number of rotatable bonds is 4. The number of hydrogen-bond acceptors (Lipinski definition) is 4.